The lowest BCUT2D eigenvalue weighted by Gasteiger charge is -2.25. The van der Waals surface area contributed by atoms with E-state index in [1.54, 1.807) is 0 Å². The molecule has 2 atom stereocenters. The van der Waals surface area contributed by atoms with Crippen molar-refractivity contribution in [2.24, 2.45) is 5.92 Å². The molecule has 118 valence electrons. The van der Waals surface area contributed by atoms with Crippen molar-refractivity contribution in [1.29, 1.82) is 0 Å². The van der Waals surface area contributed by atoms with Gasteiger partial charge < -0.3 is 15.4 Å². The number of hydrogen-bond acceptors (Lipinski definition) is 3. The lowest BCUT2D eigenvalue weighted by atomic mass is 10.1. The Bertz CT molecular complexity index is 295. The smallest absolute Gasteiger partial charge is 0.407 e. The second-order valence-corrected chi connectivity index (χ2v) is 7.04. The monoisotopic (exact) mass is 284 g/mol. The minimum Gasteiger partial charge on any atom is -0.444 e. The quantitative estimate of drug-likeness (QED) is 0.717. The molecule has 1 saturated carbocycles. The highest BCUT2D eigenvalue weighted by Gasteiger charge is 2.32. The Kier molecular flexibility index (Phi) is 6.80. The molecule has 4 heteroatoms. The number of alkyl carbamates (subject to hydrolysis) is 1. The predicted octanol–water partition coefficient (Wildman–Crippen LogP) is 3.46. The largest absolute Gasteiger partial charge is 0.444 e. The van der Waals surface area contributed by atoms with Crippen molar-refractivity contribution in [3.8, 4) is 0 Å². The van der Waals surface area contributed by atoms with E-state index in [2.05, 4.69) is 24.5 Å². The third-order valence-corrected chi connectivity index (χ3v) is 3.55. The summed E-state index contributed by atoms with van der Waals surface area (Å²) in [6, 6.07) is 0.898. The van der Waals surface area contributed by atoms with E-state index in [-0.39, 0.29) is 6.09 Å². The second-order valence-electron chi connectivity index (χ2n) is 7.04. The van der Waals surface area contributed by atoms with Gasteiger partial charge in [-0.1, -0.05) is 19.8 Å². The molecule has 0 aliphatic heterocycles. The van der Waals surface area contributed by atoms with Crippen LogP contribution in [0.5, 0.6) is 0 Å². The summed E-state index contributed by atoms with van der Waals surface area (Å²) in [4.78, 5) is 11.7. The Morgan fingerprint density at radius 1 is 1.35 bits per heavy atom. The number of carbonyl (C=O) groups is 1. The van der Waals surface area contributed by atoms with Crippen LogP contribution < -0.4 is 10.6 Å². The minimum atomic E-state index is -0.430. The highest BCUT2D eigenvalue weighted by molar-refractivity contribution is 5.67. The number of carbonyl (C=O) groups excluding carboxylic acids is 1. The van der Waals surface area contributed by atoms with Crippen LogP contribution in [0.1, 0.15) is 66.7 Å². The molecule has 1 aliphatic carbocycles. The summed E-state index contributed by atoms with van der Waals surface area (Å²) in [5.74, 6) is 0.717. The fraction of sp³-hybridized carbons (Fsp3) is 0.938. The third-order valence-electron chi connectivity index (χ3n) is 3.55. The van der Waals surface area contributed by atoms with E-state index in [0.717, 1.165) is 0 Å². The maximum absolute atomic E-state index is 11.7. The molecule has 20 heavy (non-hydrogen) atoms. The molecule has 1 rings (SSSR count). The molecule has 0 aromatic rings. The van der Waals surface area contributed by atoms with E-state index in [1.165, 1.54) is 32.1 Å². The van der Waals surface area contributed by atoms with Gasteiger partial charge >= 0.3 is 6.09 Å². The first kappa shape index (κ1) is 17.3. The van der Waals surface area contributed by atoms with Crippen LogP contribution in [0.25, 0.3) is 0 Å². The zero-order chi connectivity index (χ0) is 15.2. The molecule has 0 aromatic carbocycles. The van der Waals surface area contributed by atoms with Crippen molar-refractivity contribution in [2.45, 2.75) is 84.4 Å². The maximum Gasteiger partial charge on any atom is 0.407 e. The van der Waals surface area contributed by atoms with Gasteiger partial charge in [0, 0.05) is 18.6 Å². The lowest BCUT2D eigenvalue weighted by molar-refractivity contribution is 0.0520. The van der Waals surface area contributed by atoms with Gasteiger partial charge in [-0.15, -0.1) is 0 Å². The number of amides is 1. The van der Waals surface area contributed by atoms with Crippen LogP contribution in [-0.4, -0.2) is 30.3 Å². The Morgan fingerprint density at radius 3 is 2.50 bits per heavy atom. The molecule has 0 spiro atoms. The van der Waals surface area contributed by atoms with Crippen LogP contribution in [0.15, 0.2) is 0 Å². The highest BCUT2D eigenvalue weighted by Crippen LogP contribution is 2.32. The molecular weight excluding hydrogens is 252 g/mol. The van der Waals surface area contributed by atoms with Gasteiger partial charge in [-0.05, 0) is 52.9 Å². The molecule has 1 fully saturated rings. The molecule has 0 radical (unpaired) electrons. The fourth-order valence-corrected chi connectivity index (χ4v) is 2.33. The van der Waals surface area contributed by atoms with E-state index in [4.69, 9.17) is 4.74 Å². The average molecular weight is 284 g/mol. The van der Waals surface area contributed by atoms with Crippen molar-refractivity contribution < 1.29 is 9.53 Å². The average Bonchev–Trinajstić information content (AvgIpc) is 3.13. The Morgan fingerprint density at radius 2 is 2.00 bits per heavy atom. The van der Waals surface area contributed by atoms with Crippen molar-refractivity contribution >= 4 is 6.09 Å². The minimum absolute atomic E-state index is 0.314. The van der Waals surface area contributed by atoms with E-state index in [1.807, 2.05) is 20.8 Å². The van der Waals surface area contributed by atoms with Crippen LogP contribution in [0.4, 0.5) is 4.79 Å². The summed E-state index contributed by atoms with van der Waals surface area (Å²) >= 11 is 0. The van der Waals surface area contributed by atoms with Crippen LogP contribution in [-0.2, 0) is 4.74 Å². The van der Waals surface area contributed by atoms with Crippen molar-refractivity contribution in [3.05, 3.63) is 0 Å². The lowest BCUT2D eigenvalue weighted by Crippen LogP contribution is -2.46. The number of rotatable bonds is 8. The Hall–Kier alpha value is -0.770. The summed E-state index contributed by atoms with van der Waals surface area (Å²) in [7, 11) is 0. The number of hydrogen-bond donors (Lipinski definition) is 2. The molecule has 4 nitrogen and oxygen atoms in total. The Labute approximate surface area is 124 Å². The fourth-order valence-electron chi connectivity index (χ4n) is 2.33. The molecule has 0 bridgehead atoms. The first-order valence-electron chi connectivity index (χ1n) is 8.04. The first-order valence-corrected chi connectivity index (χ1v) is 8.04. The first-order chi connectivity index (χ1) is 9.31. The third kappa shape index (κ3) is 7.73. The highest BCUT2D eigenvalue weighted by atomic mass is 16.6. The standard InChI is InChI=1S/C16H32N2O2/c1-6-7-8-12(2)18-14(13-9-10-13)11-17-15(19)20-16(3,4)5/h12-14,18H,6-11H2,1-5H3,(H,17,19). The summed E-state index contributed by atoms with van der Waals surface area (Å²) in [6.07, 6.45) is 5.92. The number of nitrogens with one attached hydrogen (secondary N) is 2. The molecular formula is C16H32N2O2. The Balaban J connectivity index is 2.30. The molecule has 0 aromatic heterocycles. The molecule has 1 amide bonds. The SMILES string of the molecule is CCCCC(C)NC(CNC(=O)OC(C)(C)C)C1CC1. The van der Waals surface area contributed by atoms with Gasteiger partial charge in [0.05, 0.1) is 0 Å². The zero-order valence-electron chi connectivity index (χ0n) is 13.8. The molecule has 2 N–H and O–H groups in total. The van der Waals surface area contributed by atoms with E-state index in [0.29, 0.717) is 24.5 Å². The summed E-state index contributed by atoms with van der Waals surface area (Å²) in [6.45, 7) is 10.8. The van der Waals surface area contributed by atoms with Gasteiger partial charge in [0.15, 0.2) is 0 Å². The van der Waals surface area contributed by atoms with Gasteiger partial charge in [-0.2, -0.15) is 0 Å². The molecule has 2 unspecified atom stereocenters. The normalized spacial score (nSPS) is 18.4. The van der Waals surface area contributed by atoms with Gasteiger partial charge in [-0.3, -0.25) is 0 Å². The van der Waals surface area contributed by atoms with Gasteiger partial charge in [-0.25, -0.2) is 4.79 Å². The summed E-state index contributed by atoms with van der Waals surface area (Å²) in [5.41, 5.74) is -0.430. The van der Waals surface area contributed by atoms with Gasteiger partial charge in [0.25, 0.3) is 0 Å². The van der Waals surface area contributed by atoms with Crippen LogP contribution in [0.2, 0.25) is 0 Å². The summed E-state index contributed by atoms with van der Waals surface area (Å²) < 4.78 is 5.28. The molecule has 0 heterocycles. The van der Waals surface area contributed by atoms with Crippen molar-refractivity contribution in [2.75, 3.05) is 6.54 Å². The van der Waals surface area contributed by atoms with Crippen molar-refractivity contribution in [3.63, 3.8) is 0 Å². The van der Waals surface area contributed by atoms with E-state index < -0.39 is 5.60 Å². The van der Waals surface area contributed by atoms with Crippen LogP contribution in [0.3, 0.4) is 0 Å². The molecule has 0 saturated heterocycles. The van der Waals surface area contributed by atoms with E-state index >= 15 is 0 Å². The van der Waals surface area contributed by atoms with Gasteiger partial charge in [0.1, 0.15) is 5.60 Å². The van der Waals surface area contributed by atoms with E-state index in [9.17, 15) is 4.79 Å². The number of ether oxygens (including phenoxy) is 1. The predicted molar refractivity (Wildman–Crippen MR) is 82.9 cm³/mol. The zero-order valence-corrected chi connectivity index (χ0v) is 13.8. The maximum atomic E-state index is 11.7. The summed E-state index contributed by atoms with van der Waals surface area (Å²) in [5, 5.41) is 6.56. The van der Waals surface area contributed by atoms with Crippen LogP contribution >= 0.6 is 0 Å². The molecule has 1 aliphatic rings. The second kappa shape index (κ2) is 7.87. The van der Waals surface area contributed by atoms with Crippen LogP contribution in [0, 0.1) is 5.92 Å². The number of unbranched alkanes of at least 4 members (excludes halogenated alkanes) is 1. The van der Waals surface area contributed by atoms with Gasteiger partial charge in [0.2, 0.25) is 0 Å². The topological polar surface area (TPSA) is 50.4 Å². The van der Waals surface area contributed by atoms with Crippen molar-refractivity contribution in [1.82, 2.24) is 10.6 Å².